The number of para-hydroxylation sites is 2. The average Bonchev–Trinajstić information content (AvgIpc) is 3.26. The molecule has 6 aromatic rings. The minimum Gasteiger partial charge on any atom is -0.458 e. The highest BCUT2D eigenvalue weighted by Crippen LogP contribution is 2.37. The van der Waals surface area contributed by atoms with E-state index >= 15 is 0 Å². The highest BCUT2D eigenvalue weighted by Gasteiger charge is 2.39. The molecule has 2 aliphatic rings. The lowest BCUT2D eigenvalue weighted by molar-refractivity contribution is 0.464. The van der Waals surface area contributed by atoms with Gasteiger partial charge in [-0.05, 0) is 64.5 Å². The molecule has 8 rings (SSSR count). The smallest absolute Gasteiger partial charge is 0.260 e. The van der Waals surface area contributed by atoms with Gasteiger partial charge in [0.1, 0.15) is 34.2 Å². The van der Waals surface area contributed by atoms with E-state index in [0.29, 0.717) is 0 Å². The van der Waals surface area contributed by atoms with E-state index in [1.54, 1.807) is 0 Å². The second-order valence-electron chi connectivity index (χ2n) is 8.90. The fraction of sp³-hybridized carbons (Fsp3) is 0. The predicted molar refractivity (Wildman–Crippen MR) is 137 cm³/mol. The molecule has 158 valence electrons. The average molecular weight is 436 g/mol. The number of hydrogen-bond donors (Lipinski definition) is 0. The largest absolute Gasteiger partial charge is 0.458 e. The van der Waals surface area contributed by atoms with Gasteiger partial charge in [0.25, 0.3) is 6.71 Å². The lowest BCUT2D eigenvalue weighted by Crippen LogP contribution is -2.57. The van der Waals surface area contributed by atoms with Gasteiger partial charge in [0.2, 0.25) is 0 Å². The van der Waals surface area contributed by atoms with Crippen LogP contribution in [0.1, 0.15) is 0 Å². The van der Waals surface area contributed by atoms with Crippen LogP contribution in [-0.2, 0) is 0 Å². The van der Waals surface area contributed by atoms with Gasteiger partial charge in [-0.2, -0.15) is 0 Å². The van der Waals surface area contributed by atoms with Gasteiger partial charge in [-0.1, -0.05) is 60.7 Å². The summed E-state index contributed by atoms with van der Waals surface area (Å²) in [5.74, 6) is 3.53. The Balaban J connectivity index is 1.31. The quantitative estimate of drug-likeness (QED) is 0.297. The summed E-state index contributed by atoms with van der Waals surface area (Å²) in [4.78, 5) is 0. The van der Waals surface area contributed by atoms with Crippen LogP contribution in [0, 0.1) is 0 Å². The van der Waals surface area contributed by atoms with Crippen LogP contribution in [0.5, 0.6) is 23.0 Å². The molecule has 0 spiro atoms. The summed E-state index contributed by atoms with van der Waals surface area (Å²) in [6.45, 7) is 0.0919. The van der Waals surface area contributed by atoms with Crippen molar-refractivity contribution in [3.63, 3.8) is 0 Å². The van der Waals surface area contributed by atoms with Crippen molar-refractivity contribution < 1.29 is 13.9 Å². The van der Waals surface area contributed by atoms with Crippen molar-refractivity contribution in [2.24, 2.45) is 0 Å². The zero-order chi connectivity index (χ0) is 22.2. The van der Waals surface area contributed by atoms with Gasteiger partial charge in [0, 0.05) is 16.2 Å². The number of benzene rings is 5. The third-order valence-electron chi connectivity index (χ3n) is 7.02. The molecule has 0 saturated carbocycles. The Morgan fingerprint density at radius 2 is 1.15 bits per heavy atom. The number of ether oxygens (including phenoxy) is 2. The summed E-state index contributed by atoms with van der Waals surface area (Å²) in [6.07, 6.45) is 0. The molecule has 0 amide bonds. The molecule has 0 N–H and O–H groups in total. The van der Waals surface area contributed by atoms with Gasteiger partial charge in [0.05, 0.1) is 0 Å². The molecule has 0 fully saturated rings. The predicted octanol–water partition coefficient (Wildman–Crippen LogP) is 5.98. The minimum atomic E-state index is 0.0919. The van der Waals surface area contributed by atoms with E-state index in [1.165, 1.54) is 5.46 Å². The zero-order valence-electron chi connectivity index (χ0n) is 18.1. The maximum atomic E-state index is 6.45. The Labute approximate surface area is 196 Å². The summed E-state index contributed by atoms with van der Waals surface area (Å²) in [7, 11) is 0. The molecule has 3 nitrogen and oxygen atoms in total. The summed E-state index contributed by atoms with van der Waals surface area (Å²) < 4.78 is 18.7. The van der Waals surface area contributed by atoms with Crippen molar-refractivity contribution in [3.8, 4) is 34.1 Å². The van der Waals surface area contributed by atoms with Gasteiger partial charge in [-0.3, -0.25) is 0 Å². The Bertz CT molecular complexity index is 1780. The van der Waals surface area contributed by atoms with Crippen LogP contribution in [0.15, 0.2) is 108 Å². The summed E-state index contributed by atoms with van der Waals surface area (Å²) in [5.41, 5.74) is 7.50. The molecule has 3 heterocycles. The molecule has 1 aromatic heterocycles. The van der Waals surface area contributed by atoms with Crippen LogP contribution < -0.4 is 25.9 Å². The standard InChI is InChI=1S/C30H17BO3/c1-3-8-24-20(6-1)21-16-18(13-15-25(21)32-24)19-12-14-23-29(17-19)34-28-11-5-10-27-30(28)31(23)22-7-2-4-9-26(22)33-27/h1-17H. The van der Waals surface area contributed by atoms with E-state index in [2.05, 4.69) is 54.6 Å². The van der Waals surface area contributed by atoms with Gasteiger partial charge < -0.3 is 13.9 Å². The minimum absolute atomic E-state index is 0.0919. The molecule has 0 atom stereocenters. The Morgan fingerprint density at radius 1 is 0.471 bits per heavy atom. The summed E-state index contributed by atoms with van der Waals surface area (Å²) in [5, 5.41) is 2.26. The lowest BCUT2D eigenvalue weighted by atomic mass is 9.35. The second-order valence-corrected chi connectivity index (χ2v) is 8.90. The third kappa shape index (κ3) is 2.42. The number of furan rings is 1. The lowest BCUT2D eigenvalue weighted by Gasteiger charge is -2.32. The third-order valence-corrected chi connectivity index (χ3v) is 7.02. The van der Waals surface area contributed by atoms with Crippen LogP contribution in [0.3, 0.4) is 0 Å². The van der Waals surface area contributed by atoms with E-state index in [1.807, 2.05) is 48.5 Å². The van der Waals surface area contributed by atoms with Crippen molar-refractivity contribution in [1.29, 1.82) is 0 Å². The maximum Gasteiger partial charge on any atom is 0.260 e. The van der Waals surface area contributed by atoms with Crippen LogP contribution in [-0.4, -0.2) is 6.71 Å². The van der Waals surface area contributed by atoms with Crippen LogP contribution in [0.2, 0.25) is 0 Å². The summed E-state index contributed by atoms with van der Waals surface area (Å²) >= 11 is 0. The molecular weight excluding hydrogens is 419 g/mol. The molecule has 5 aromatic carbocycles. The Kier molecular flexibility index (Phi) is 3.48. The second kappa shape index (κ2) is 6.55. The van der Waals surface area contributed by atoms with E-state index in [4.69, 9.17) is 13.9 Å². The Hall–Kier alpha value is -4.44. The SMILES string of the molecule is c1ccc2c(c1)Oc1cccc3c1B2c1ccc(-c2ccc4oc5ccccc5c4c2)cc1O3. The molecule has 0 aliphatic carbocycles. The van der Waals surface area contributed by atoms with Crippen LogP contribution in [0.4, 0.5) is 0 Å². The Morgan fingerprint density at radius 3 is 2.09 bits per heavy atom. The number of rotatable bonds is 1. The van der Waals surface area contributed by atoms with Gasteiger partial charge in [0.15, 0.2) is 0 Å². The molecule has 4 heteroatoms. The monoisotopic (exact) mass is 436 g/mol. The van der Waals surface area contributed by atoms with Crippen molar-refractivity contribution >= 4 is 45.0 Å². The van der Waals surface area contributed by atoms with Crippen LogP contribution >= 0.6 is 0 Å². The van der Waals surface area contributed by atoms with E-state index in [0.717, 1.165) is 67.0 Å². The highest BCUT2D eigenvalue weighted by atomic mass is 16.5. The fourth-order valence-electron chi connectivity index (χ4n) is 5.46. The van der Waals surface area contributed by atoms with Gasteiger partial charge in [-0.25, -0.2) is 0 Å². The van der Waals surface area contributed by atoms with Gasteiger partial charge in [-0.15, -0.1) is 0 Å². The first kappa shape index (κ1) is 18.0. The molecule has 2 aliphatic heterocycles. The first-order valence-corrected chi connectivity index (χ1v) is 11.5. The van der Waals surface area contributed by atoms with Crippen molar-refractivity contribution in [1.82, 2.24) is 0 Å². The summed E-state index contributed by atoms with van der Waals surface area (Å²) in [6, 6.07) is 35.4. The first-order chi connectivity index (χ1) is 16.8. The van der Waals surface area contributed by atoms with Gasteiger partial charge >= 0.3 is 0 Å². The van der Waals surface area contributed by atoms with E-state index in [9.17, 15) is 0 Å². The molecule has 0 radical (unpaired) electrons. The highest BCUT2D eigenvalue weighted by molar-refractivity contribution is 6.98. The molecule has 34 heavy (non-hydrogen) atoms. The van der Waals surface area contributed by atoms with E-state index in [-0.39, 0.29) is 6.71 Å². The molecule has 0 saturated heterocycles. The number of hydrogen-bond acceptors (Lipinski definition) is 3. The molecule has 0 bridgehead atoms. The van der Waals surface area contributed by atoms with E-state index < -0.39 is 0 Å². The van der Waals surface area contributed by atoms with Crippen LogP contribution in [0.25, 0.3) is 33.1 Å². The zero-order valence-corrected chi connectivity index (χ0v) is 18.1. The van der Waals surface area contributed by atoms with Crippen molar-refractivity contribution in [2.75, 3.05) is 0 Å². The fourth-order valence-corrected chi connectivity index (χ4v) is 5.46. The number of fused-ring (bicyclic) bond motifs is 7. The normalized spacial score (nSPS) is 13.1. The topological polar surface area (TPSA) is 31.6 Å². The molecule has 0 unspecified atom stereocenters. The molecular formula is C30H17BO3. The van der Waals surface area contributed by atoms with Crippen molar-refractivity contribution in [3.05, 3.63) is 103 Å². The maximum absolute atomic E-state index is 6.45. The first-order valence-electron chi connectivity index (χ1n) is 11.5. The van der Waals surface area contributed by atoms with Crippen molar-refractivity contribution in [2.45, 2.75) is 0 Å².